The molecule has 8 nitrogen and oxygen atoms in total. The Morgan fingerprint density at radius 2 is 2.08 bits per heavy atom. The molecule has 8 heteroatoms. The second-order valence-electron chi connectivity index (χ2n) is 7.14. The van der Waals surface area contributed by atoms with Crippen molar-refractivity contribution in [1.29, 1.82) is 0 Å². The quantitative estimate of drug-likeness (QED) is 0.842. The van der Waals surface area contributed by atoms with Crippen LogP contribution in [0.4, 0.5) is 4.79 Å². The smallest absolute Gasteiger partial charge is 0.317 e. The lowest BCUT2D eigenvalue weighted by molar-refractivity contribution is -0.00632. The van der Waals surface area contributed by atoms with E-state index < -0.39 is 0 Å². The Kier molecular flexibility index (Phi) is 5.17. The second kappa shape index (κ2) is 7.70. The molecule has 3 aliphatic rings. The van der Waals surface area contributed by atoms with E-state index in [0.29, 0.717) is 38.0 Å². The molecule has 3 fully saturated rings. The fourth-order valence-corrected chi connectivity index (χ4v) is 3.37. The molecule has 4 rings (SSSR count). The van der Waals surface area contributed by atoms with Crippen molar-refractivity contribution in [1.82, 2.24) is 20.4 Å². The van der Waals surface area contributed by atoms with Gasteiger partial charge in [-0.1, -0.05) is 5.16 Å². The van der Waals surface area contributed by atoms with E-state index in [1.165, 1.54) is 0 Å². The van der Waals surface area contributed by atoms with Crippen molar-refractivity contribution in [2.45, 2.75) is 63.3 Å². The first-order valence-corrected chi connectivity index (χ1v) is 9.36. The Balaban J connectivity index is 1.14. The molecular weight excluding hydrogens is 324 g/mol. The van der Waals surface area contributed by atoms with Crippen molar-refractivity contribution in [3.63, 3.8) is 0 Å². The first-order valence-electron chi connectivity index (χ1n) is 9.36. The number of carbonyl (C=O) groups excluding carboxylic acids is 1. The normalized spacial score (nSPS) is 24.6. The van der Waals surface area contributed by atoms with E-state index >= 15 is 0 Å². The Bertz CT molecular complexity index is 575. The van der Waals surface area contributed by atoms with Crippen molar-refractivity contribution in [2.24, 2.45) is 0 Å². The molecule has 1 saturated carbocycles. The average molecular weight is 350 g/mol. The zero-order valence-corrected chi connectivity index (χ0v) is 14.5. The third-order valence-corrected chi connectivity index (χ3v) is 5.10. The van der Waals surface area contributed by atoms with Gasteiger partial charge in [-0.25, -0.2) is 4.79 Å². The van der Waals surface area contributed by atoms with Gasteiger partial charge in [0.2, 0.25) is 0 Å². The molecule has 3 heterocycles. The highest BCUT2D eigenvalue weighted by Crippen LogP contribution is 2.38. The summed E-state index contributed by atoms with van der Waals surface area (Å²) in [7, 11) is 0. The number of nitrogens with zero attached hydrogens (tertiary/aromatic N) is 3. The Morgan fingerprint density at radius 3 is 2.80 bits per heavy atom. The minimum Gasteiger partial charge on any atom is -0.376 e. The molecule has 1 aromatic heterocycles. The monoisotopic (exact) mass is 350 g/mol. The van der Waals surface area contributed by atoms with Gasteiger partial charge in [0.25, 0.3) is 5.89 Å². The summed E-state index contributed by atoms with van der Waals surface area (Å²) in [4.78, 5) is 18.4. The van der Waals surface area contributed by atoms with Crippen molar-refractivity contribution < 1.29 is 18.8 Å². The topological polar surface area (TPSA) is 89.7 Å². The third kappa shape index (κ3) is 4.49. The zero-order chi connectivity index (χ0) is 17.1. The number of aromatic nitrogens is 2. The third-order valence-electron chi connectivity index (χ3n) is 5.10. The summed E-state index contributed by atoms with van der Waals surface area (Å²) in [5.41, 5.74) is 0. The van der Waals surface area contributed by atoms with Crippen LogP contribution in [0.3, 0.4) is 0 Å². The van der Waals surface area contributed by atoms with Crippen molar-refractivity contribution in [3.8, 4) is 0 Å². The number of piperidine rings is 1. The second-order valence-corrected chi connectivity index (χ2v) is 7.14. The molecule has 1 aromatic rings. The Morgan fingerprint density at radius 1 is 1.24 bits per heavy atom. The largest absolute Gasteiger partial charge is 0.376 e. The number of nitrogens with one attached hydrogen (secondary N) is 1. The van der Waals surface area contributed by atoms with Gasteiger partial charge in [-0.3, -0.25) is 0 Å². The molecule has 0 aromatic carbocycles. The number of hydrogen-bond acceptors (Lipinski definition) is 6. The van der Waals surface area contributed by atoms with Crippen LogP contribution >= 0.6 is 0 Å². The number of likely N-dealkylation sites (tertiary alicyclic amines) is 1. The molecule has 2 aliphatic heterocycles. The van der Waals surface area contributed by atoms with Gasteiger partial charge in [-0.05, 0) is 38.5 Å². The molecule has 1 aliphatic carbocycles. The van der Waals surface area contributed by atoms with Crippen LogP contribution in [0.15, 0.2) is 4.52 Å². The van der Waals surface area contributed by atoms with Crippen molar-refractivity contribution in [3.05, 3.63) is 11.7 Å². The highest BCUT2D eigenvalue weighted by Gasteiger charge is 2.29. The van der Waals surface area contributed by atoms with E-state index in [4.69, 9.17) is 14.0 Å². The SMILES string of the molecule is O=C(NCC1CCCO1)N1CCC(OCc2nc(C3CC3)no2)CC1. The van der Waals surface area contributed by atoms with Gasteiger partial charge >= 0.3 is 6.03 Å². The Labute approximate surface area is 147 Å². The maximum absolute atomic E-state index is 12.2. The van der Waals surface area contributed by atoms with E-state index in [1.807, 2.05) is 4.90 Å². The summed E-state index contributed by atoms with van der Waals surface area (Å²) in [5.74, 6) is 1.86. The van der Waals surface area contributed by atoms with E-state index in [-0.39, 0.29) is 18.2 Å². The van der Waals surface area contributed by atoms with E-state index in [9.17, 15) is 4.79 Å². The average Bonchev–Trinajstić information content (AvgIpc) is 3.17. The Hall–Kier alpha value is -1.67. The molecule has 2 amide bonds. The molecule has 0 bridgehead atoms. The fraction of sp³-hybridized carbons (Fsp3) is 0.824. The lowest BCUT2D eigenvalue weighted by Gasteiger charge is -2.32. The number of urea groups is 1. The molecule has 1 atom stereocenters. The minimum absolute atomic E-state index is 0.0000681. The van der Waals surface area contributed by atoms with Crippen LogP contribution in [0.1, 0.15) is 56.2 Å². The molecule has 0 radical (unpaired) electrons. The van der Waals surface area contributed by atoms with Crippen LogP contribution in [0.25, 0.3) is 0 Å². The molecule has 1 unspecified atom stereocenters. The van der Waals surface area contributed by atoms with Crippen LogP contribution in [0.5, 0.6) is 0 Å². The molecule has 0 spiro atoms. The summed E-state index contributed by atoms with van der Waals surface area (Å²) in [5, 5.41) is 6.97. The summed E-state index contributed by atoms with van der Waals surface area (Å²) < 4.78 is 16.6. The first-order chi connectivity index (χ1) is 12.3. The van der Waals surface area contributed by atoms with Crippen LogP contribution in [0.2, 0.25) is 0 Å². The molecule has 138 valence electrons. The van der Waals surface area contributed by atoms with Crippen molar-refractivity contribution >= 4 is 6.03 Å². The predicted octanol–water partition coefficient (Wildman–Crippen LogP) is 1.82. The van der Waals surface area contributed by atoms with Gasteiger partial charge in [0.15, 0.2) is 5.82 Å². The van der Waals surface area contributed by atoms with Gasteiger partial charge in [-0.15, -0.1) is 0 Å². The van der Waals surface area contributed by atoms with E-state index in [0.717, 1.165) is 51.0 Å². The summed E-state index contributed by atoms with van der Waals surface area (Å²) in [6.45, 7) is 3.19. The number of ether oxygens (including phenoxy) is 2. The molecular formula is C17H26N4O4. The van der Waals surface area contributed by atoms with Crippen LogP contribution in [-0.4, -0.2) is 59.5 Å². The van der Waals surface area contributed by atoms with Gasteiger partial charge in [0.1, 0.15) is 6.61 Å². The molecule has 25 heavy (non-hydrogen) atoms. The maximum Gasteiger partial charge on any atom is 0.317 e. The van der Waals surface area contributed by atoms with Gasteiger partial charge in [-0.2, -0.15) is 4.98 Å². The zero-order valence-electron chi connectivity index (χ0n) is 14.5. The number of hydrogen-bond donors (Lipinski definition) is 1. The molecule has 1 N–H and O–H groups in total. The number of rotatable bonds is 6. The van der Waals surface area contributed by atoms with Crippen LogP contribution < -0.4 is 5.32 Å². The van der Waals surface area contributed by atoms with Gasteiger partial charge in [0.05, 0.1) is 12.2 Å². The maximum atomic E-state index is 12.2. The van der Waals surface area contributed by atoms with Gasteiger partial charge < -0.3 is 24.2 Å². The summed E-state index contributed by atoms with van der Waals surface area (Å²) in [6.07, 6.45) is 6.42. The van der Waals surface area contributed by atoms with Crippen LogP contribution in [-0.2, 0) is 16.1 Å². The first kappa shape index (κ1) is 16.8. The van der Waals surface area contributed by atoms with E-state index in [1.54, 1.807) is 0 Å². The summed E-state index contributed by atoms with van der Waals surface area (Å²) >= 11 is 0. The molecule has 2 saturated heterocycles. The van der Waals surface area contributed by atoms with Gasteiger partial charge in [0, 0.05) is 32.2 Å². The summed E-state index contributed by atoms with van der Waals surface area (Å²) in [6, 6.07) is -0.0000681. The predicted molar refractivity (Wildman–Crippen MR) is 88.0 cm³/mol. The lowest BCUT2D eigenvalue weighted by atomic mass is 10.1. The fourth-order valence-electron chi connectivity index (χ4n) is 3.37. The number of amides is 2. The van der Waals surface area contributed by atoms with Crippen LogP contribution in [0, 0.1) is 0 Å². The lowest BCUT2D eigenvalue weighted by Crippen LogP contribution is -2.47. The highest BCUT2D eigenvalue weighted by atomic mass is 16.5. The highest BCUT2D eigenvalue weighted by molar-refractivity contribution is 5.74. The van der Waals surface area contributed by atoms with E-state index in [2.05, 4.69) is 15.5 Å². The number of carbonyl (C=O) groups is 1. The minimum atomic E-state index is -0.0000681. The standard InChI is InChI=1S/C17H26N4O4/c22-17(18-10-14-2-1-9-23-14)21-7-5-13(6-8-21)24-11-15-19-16(20-25-15)12-3-4-12/h12-14H,1-11H2,(H,18,22). The van der Waals surface area contributed by atoms with Crippen molar-refractivity contribution in [2.75, 3.05) is 26.2 Å².